The second kappa shape index (κ2) is 9.18. The Hall–Kier alpha value is -2.87. The minimum absolute atomic E-state index is 0.257. The third-order valence-corrected chi connectivity index (χ3v) is 4.47. The summed E-state index contributed by atoms with van der Waals surface area (Å²) >= 11 is 1.35. The topological polar surface area (TPSA) is 86.5 Å². The first-order valence-electron chi connectivity index (χ1n) is 8.80. The standard InChI is InChI=1S/C19H21N3O4S/c1-3-9-24-14-8-7-13(12-15(14)25-10-4-2)17-18(22-26-21-17)20-19(23)16-6-5-11-27-16/h5-8,11-12H,3-4,9-10H2,1-2H3,(H,20,22,23). The first-order chi connectivity index (χ1) is 13.2. The second-order valence-corrected chi connectivity index (χ2v) is 6.70. The maximum atomic E-state index is 12.3. The van der Waals surface area contributed by atoms with Gasteiger partial charge in [0.05, 0.1) is 18.1 Å². The summed E-state index contributed by atoms with van der Waals surface area (Å²) in [6.07, 6.45) is 1.78. The lowest BCUT2D eigenvalue weighted by Gasteiger charge is -2.13. The number of anilines is 1. The number of hydrogen-bond donors (Lipinski definition) is 1. The number of amides is 1. The van der Waals surface area contributed by atoms with Gasteiger partial charge < -0.3 is 14.8 Å². The summed E-state index contributed by atoms with van der Waals surface area (Å²) in [5.41, 5.74) is 1.15. The quantitative estimate of drug-likeness (QED) is 0.576. The normalized spacial score (nSPS) is 10.6. The lowest BCUT2D eigenvalue weighted by molar-refractivity contribution is 0.102. The van der Waals surface area contributed by atoms with Crippen molar-refractivity contribution in [2.45, 2.75) is 26.7 Å². The molecule has 0 aliphatic rings. The van der Waals surface area contributed by atoms with Gasteiger partial charge in [-0.25, -0.2) is 4.63 Å². The molecule has 0 saturated carbocycles. The Labute approximate surface area is 161 Å². The van der Waals surface area contributed by atoms with Gasteiger partial charge in [0.25, 0.3) is 5.91 Å². The van der Waals surface area contributed by atoms with Gasteiger partial charge >= 0.3 is 0 Å². The van der Waals surface area contributed by atoms with Gasteiger partial charge in [0.15, 0.2) is 17.2 Å². The van der Waals surface area contributed by atoms with E-state index in [1.165, 1.54) is 11.3 Å². The number of ether oxygens (including phenoxy) is 2. The molecule has 3 aromatic rings. The number of rotatable bonds is 9. The minimum Gasteiger partial charge on any atom is -0.490 e. The van der Waals surface area contributed by atoms with E-state index in [4.69, 9.17) is 14.1 Å². The highest BCUT2D eigenvalue weighted by molar-refractivity contribution is 7.12. The van der Waals surface area contributed by atoms with Crippen LogP contribution in [0.5, 0.6) is 11.5 Å². The molecule has 0 fully saturated rings. The molecule has 3 rings (SSSR count). The van der Waals surface area contributed by atoms with Crippen LogP contribution >= 0.6 is 11.3 Å². The molecular weight excluding hydrogens is 366 g/mol. The van der Waals surface area contributed by atoms with Crippen LogP contribution in [0.3, 0.4) is 0 Å². The highest BCUT2D eigenvalue weighted by Crippen LogP contribution is 2.34. The van der Waals surface area contributed by atoms with E-state index in [1.807, 2.05) is 43.5 Å². The van der Waals surface area contributed by atoms with E-state index in [0.29, 0.717) is 40.8 Å². The minimum atomic E-state index is -0.257. The molecule has 0 atom stereocenters. The number of hydrogen-bond acceptors (Lipinski definition) is 7. The second-order valence-electron chi connectivity index (χ2n) is 5.75. The van der Waals surface area contributed by atoms with E-state index in [2.05, 4.69) is 15.6 Å². The summed E-state index contributed by atoms with van der Waals surface area (Å²) in [4.78, 5) is 12.9. The van der Waals surface area contributed by atoms with Crippen LogP contribution in [0, 0.1) is 0 Å². The monoisotopic (exact) mass is 387 g/mol. The molecule has 2 aromatic heterocycles. The Morgan fingerprint density at radius 2 is 1.89 bits per heavy atom. The zero-order chi connectivity index (χ0) is 19.1. The number of thiophene rings is 1. The first-order valence-corrected chi connectivity index (χ1v) is 9.68. The summed E-state index contributed by atoms with van der Waals surface area (Å²) in [6.45, 7) is 5.27. The third-order valence-electron chi connectivity index (χ3n) is 3.61. The first kappa shape index (κ1) is 18.9. The molecule has 0 spiro atoms. The molecule has 0 radical (unpaired) electrons. The van der Waals surface area contributed by atoms with Gasteiger partial charge in [-0.3, -0.25) is 4.79 Å². The van der Waals surface area contributed by atoms with Crippen molar-refractivity contribution in [3.8, 4) is 22.8 Å². The van der Waals surface area contributed by atoms with Crippen molar-refractivity contribution in [1.82, 2.24) is 10.3 Å². The highest BCUT2D eigenvalue weighted by Gasteiger charge is 2.18. The Balaban J connectivity index is 1.85. The van der Waals surface area contributed by atoms with E-state index < -0.39 is 0 Å². The van der Waals surface area contributed by atoms with Crippen molar-refractivity contribution in [3.63, 3.8) is 0 Å². The summed E-state index contributed by atoms with van der Waals surface area (Å²) < 4.78 is 16.4. The zero-order valence-electron chi connectivity index (χ0n) is 15.2. The molecule has 8 heteroatoms. The van der Waals surface area contributed by atoms with E-state index in [1.54, 1.807) is 6.07 Å². The highest BCUT2D eigenvalue weighted by atomic mass is 32.1. The Morgan fingerprint density at radius 3 is 2.59 bits per heavy atom. The maximum absolute atomic E-state index is 12.3. The molecule has 1 N–H and O–H groups in total. The van der Waals surface area contributed by atoms with Crippen LogP contribution in [-0.4, -0.2) is 29.4 Å². The van der Waals surface area contributed by atoms with Gasteiger partial charge in [0.2, 0.25) is 5.82 Å². The van der Waals surface area contributed by atoms with Gasteiger partial charge in [-0.2, -0.15) is 0 Å². The fraction of sp³-hybridized carbons (Fsp3) is 0.316. The van der Waals surface area contributed by atoms with E-state index in [9.17, 15) is 4.79 Å². The fourth-order valence-electron chi connectivity index (χ4n) is 2.35. The van der Waals surface area contributed by atoms with Crippen LogP contribution in [0.15, 0.2) is 40.3 Å². The summed E-state index contributed by atoms with van der Waals surface area (Å²) in [5, 5.41) is 12.3. The largest absolute Gasteiger partial charge is 0.490 e. The summed E-state index contributed by atoms with van der Waals surface area (Å²) in [7, 11) is 0. The van der Waals surface area contributed by atoms with Gasteiger partial charge in [-0.1, -0.05) is 19.9 Å². The van der Waals surface area contributed by atoms with E-state index in [-0.39, 0.29) is 11.7 Å². The molecule has 2 heterocycles. The SMILES string of the molecule is CCCOc1ccc(-c2nonc2NC(=O)c2cccs2)cc1OCCC. The number of aromatic nitrogens is 2. The average Bonchev–Trinajstić information content (AvgIpc) is 3.37. The molecule has 0 bridgehead atoms. The third kappa shape index (κ3) is 4.65. The lowest BCUT2D eigenvalue weighted by atomic mass is 10.1. The maximum Gasteiger partial charge on any atom is 0.267 e. The van der Waals surface area contributed by atoms with Crippen molar-refractivity contribution in [3.05, 3.63) is 40.6 Å². The van der Waals surface area contributed by atoms with Crippen LogP contribution in [0.4, 0.5) is 5.82 Å². The molecule has 7 nitrogen and oxygen atoms in total. The number of benzene rings is 1. The van der Waals surface area contributed by atoms with Crippen LogP contribution in [-0.2, 0) is 0 Å². The van der Waals surface area contributed by atoms with Crippen molar-refractivity contribution in [2.24, 2.45) is 0 Å². The number of carbonyl (C=O) groups excluding carboxylic acids is 1. The molecule has 0 aliphatic carbocycles. The van der Waals surface area contributed by atoms with Gasteiger partial charge in [-0.15, -0.1) is 11.3 Å². The number of nitrogens with zero attached hydrogens (tertiary/aromatic N) is 2. The predicted molar refractivity (Wildman–Crippen MR) is 104 cm³/mol. The Kier molecular flexibility index (Phi) is 6.43. The molecule has 27 heavy (non-hydrogen) atoms. The number of carbonyl (C=O) groups is 1. The Bertz CT molecular complexity index is 877. The molecule has 0 saturated heterocycles. The molecule has 1 aromatic carbocycles. The van der Waals surface area contributed by atoms with Crippen LogP contribution in [0.25, 0.3) is 11.3 Å². The fourth-order valence-corrected chi connectivity index (χ4v) is 2.97. The lowest BCUT2D eigenvalue weighted by Crippen LogP contribution is -2.11. The Morgan fingerprint density at radius 1 is 1.11 bits per heavy atom. The van der Waals surface area contributed by atoms with Gasteiger partial charge in [0, 0.05) is 5.56 Å². The van der Waals surface area contributed by atoms with Crippen LogP contribution < -0.4 is 14.8 Å². The summed E-state index contributed by atoms with van der Waals surface area (Å²) in [6, 6.07) is 9.04. The van der Waals surface area contributed by atoms with E-state index in [0.717, 1.165) is 12.8 Å². The van der Waals surface area contributed by atoms with Gasteiger partial charge in [0.1, 0.15) is 0 Å². The molecule has 142 valence electrons. The molecule has 0 unspecified atom stereocenters. The van der Waals surface area contributed by atoms with Crippen molar-refractivity contribution < 1.29 is 18.9 Å². The van der Waals surface area contributed by atoms with Crippen molar-refractivity contribution >= 4 is 23.1 Å². The molecular formula is C19H21N3O4S. The smallest absolute Gasteiger partial charge is 0.267 e. The van der Waals surface area contributed by atoms with Crippen LogP contribution in [0.1, 0.15) is 36.4 Å². The zero-order valence-corrected chi connectivity index (χ0v) is 16.0. The van der Waals surface area contributed by atoms with Gasteiger partial charge in [-0.05, 0) is 52.8 Å². The summed E-state index contributed by atoms with van der Waals surface area (Å²) in [5.74, 6) is 1.31. The predicted octanol–water partition coefficient (Wildman–Crippen LogP) is 4.63. The van der Waals surface area contributed by atoms with E-state index >= 15 is 0 Å². The molecule has 1 amide bonds. The van der Waals surface area contributed by atoms with Crippen LogP contribution in [0.2, 0.25) is 0 Å². The number of nitrogens with one attached hydrogen (secondary N) is 1. The molecule has 0 aliphatic heterocycles. The average molecular weight is 387 g/mol. The van der Waals surface area contributed by atoms with Crippen molar-refractivity contribution in [1.29, 1.82) is 0 Å². The van der Waals surface area contributed by atoms with Crippen molar-refractivity contribution in [2.75, 3.05) is 18.5 Å².